The fourth-order valence-electron chi connectivity index (χ4n) is 1.15. The van der Waals surface area contributed by atoms with Gasteiger partial charge in [-0.1, -0.05) is 29.5 Å². The third kappa shape index (κ3) is 4.04. The summed E-state index contributed by atoms with van der Waals surface area (Å²) in [7, 11) is 0. The van der Waals surface area contributed by atoms with Crippen LogP contribution in [0.2, 0.25) is 0 Å². The predicted molar refractivity (Wildman–Crippen MR) is 78.4 cm³/mol. The van der Waals surface area contributed by atoms with E-state index in [1.54, 1.807) is 0 Å². The molecule has 1 heterocycles. The molecule has 0 saturated carbocycles. The minimum atomic E-state index is -0.151. The quantitative estimate of drug-likeness (QED) is 0.388. The van der Waals surface area contributed by atoms with Gasteiger partial charge in [0.05, 0.1) is 5.69 Å². The molecule has 0 radical (unpaired) electrons. The van der Waals surface area contributed by atoms with Crippen LogP contribution in [0.25, 0.3) is 0 Å². The molecule has 0 fully saturated rings. The molecule has 19 heavy (non-hydrogen) atoms. The van der Waals surface area contributed by atoms with Crippen molar-refractivity contribution in [3.63, 3.8) is 0 Å². The van der Waals surface area contributed by atoms with Crippen molar-refractivity contribution < 1.29 is 4.79 Å². The number of nitrogens with two attached hydrogens (primary N) is 1. The molecule has 0 aliphatic carbocycles. The van der Waals surface area contributed by atoms with Crippen LogP contribution in [-0.2, 0) is 4.79 Å². The van der Waals surface area contributed by atoms with E-state index in [4.69, 9.17) is 5.73 Å². The summed E-state index contributed by atoms with van der Waals surface area (Å²) in [6, 6.07) is 9.37. The Morgan fingerprint density at radius 1 is 1.37 bits per heavy atom. The predicted octanol–water partition coefficient (Wildman–Crippen LogP) is 2.23. The zero-order chi connectivity index (χ0) is 13.7. The van der Waals surface area contributed by atoms with Crippen LogP contribution in [0.4, 0.5) is 10.8 Å². The van der Waals surface area contributed by atoms with Crippen molar-refractivity contribution in [3.05, 3.63) is 30.3 Å². The lowest BCUT2D eigenvalue weighted by Gasteiger charge is -2.02. The Hall–Kier alpha value is -1.93. The van der Waals surface area contributed by atoms with Crippen LogP contribution in [0.5, 0.6) is 0 Å². The second-order valence-electron chi connectivity index (χ2n) is 3.46. The van der Waals surface area contributed by atoms with Crippen molar-refractivity contribution >= 4 is 44.7 Å². The van der Waals surface area contributed by atoms with Crippen LogP contribution in [0.3, 0.4) is 0 Å². The van der Waals surface area contributed by atoms with Crippen LogP contribution in [0, 0.1) is 0 Å². The van der Waals surface area contributed by atoms with Gasteiger partial charge < -0.3 is 5.73 Å². The largest absolute Gasteiger partial charge is 0.374 e. The summed E-state index contributed by atoms with van der Waals surface area (Å²) in [5.74, 6) is -0.151. The highest BCUT2D eigenvalue weighted by atomic mass is 32.2. The number of hydrazone groups is 1. The fourth-order valence-corrected chi connectivity index (χ4v) is 2.63. The van der Waals surface area contributed by atoms with E-state index < -0.39 is 0 Å². The number of thioether (sulfide) groups is 1. The van der Waals surface area contributed by atoms with Gasteiger partial charge in [0.2, 0.25) is 5.13 Å². The number of ketones is 1. The first-order valence-electron chi connectivity index (χ1n) is 5.31. The molecule has 2 aromatic rings. The highest BCUT2D eigenvalue weighted by molar-refractivity contribution is 8.17. The normalized spacial score (nSPS) is 11.3. The summed E-state index contributed by atoms with van der Waals surface area (Å²) in [6.07, 6.45) is 0. The van der Waals surface area contributed by atoms with Crippen LogP contribution in [0.1, 0.15) is 6.92 Å². The van der Waals surface area contributed by atoms with E-state index in [1.165, 1.54) is 18.3 Å². The molecule has 0 saturated heterocycles. The van der Waals surface area contributed by atoms with Crippen molar-refractivity contribution in [2.24, 2.45) is 5.10 Å². The number of anilines is 2. The van der Waals surface area contributed by atoms with Crippen molar-refractivity contribution in [1.82, 2.24) is 10.2 Å². The first-order valence-corrected chi connectivity index (χ1v) is 6.95. The Labute approximate surface area is 118 Å². The summed E-state index contributed by atoms with van der Waals surface area (Å²) < 4.78 is 0.585. The Kier molecular flexibility index (Phi) is 4.48. The highest BCUT2D eigenvalue weighted by Gasteiger charge is 2.12. The maximum Gasteiger partial charge on any atom is 0.203 e. The second-order valence-corrected chi connectivity index (χ2v) is 5.70. The lowest BCUT2D eigenvalue weighted by molar-refractivity contribution is -0.110. The Morgan fingerprint density at radius 3 is 2.68 bits per heavy atom. The molecule has 0 atom stereocenters. The highest BCUT2D eigenvalue weighted by Crippen LogP contribution is 2.25. The van der Waals surface area contributed by atoms with Crippen LogP contribution < -0.4 is 11.2 Å². The Bertz CT molecular complexity index is 596. The monoisotopic (exact) mass is 293 g/mol. The minimum Gasteiger partial charge on any atom is -0.374 e. The van der Waals surface area contributed by atoms with Crippen LogP contribution in [-0.4, -0.2) is 21.0 Å². The molecule has 0 amide bonds. The summed E-state index contributed by atoms with van der Waals surface area (Å²) in [4.78, 5) is 11.5. The van der Waals surface area contributed by atoms with Crippen molar-refractivity contribution in [2.75, 3.05) is 11.2 Å². The van der Waals surface area contributed by atoms with Gasteiger partial charge in [0.25, 0.3) is 0 Å². The van der Waals surface area contributed by atoms with Gasteiger partial charge in [0.15, 0.2) is 15.2 Å². The number of carbonyl (C=O) groups excluding carboxylic acids is 1. The number of rotatable bonds is 4. The van der Waals surface area contributed by atoms with Gasteiger partial charge >= 0.3 is 0 Å². The van der Waals surface area contributed by atoms with Crippen LogP contribution in [0.15, 0.2) is 39.8 Å². The molecule has 98 valence electrons. The smallest absolute Gasteiger partial charge is 0.203 e. The number of nitrogens with one attached hydrogen (secondary N) is 1. The number of nitrogen functional groups attached to an aromatic ring is 1. The van der Waals surface area contributed by atoms with E-state index >= 15 is 0 Å². The molecule has 0 spiro atoms. The molecule has 0 bridgehead atoms. The van der Waals surface area contributed by atoms with E-state index in [0.717, 1.165) is 17.4 Å². The summed E-state index contributed by atoms with van der Waals surface area (Å²) >= 11 is 2.35. The maximum atomic E-state index is 11.5. The third-order valence-corrected chi connectivity index (χ3v) is 3.84. The Morgan fingerprint density at radius 2 is 2.11 bits per heavy atom. The standard InChI is InChI=1S/C11H11N5OS2/c1-7(17)9(18-11-16-15-10(12)19-11)14-13-8-5-3-2-4-6-8/h2-6,13H,1H3,(H2,12,15)/b14-9+. The van der Waals surface area contributed by atoms with E-state index in [0.29, 0.717) is 14.5 Å². The number of aromatic nitrogens is 2. The van der Waals surface area contributed by atoms with E-state index in [9.17, 15) is 4.79 Å². The number of hydrogen-bond acceptors (Lipinski definition) is 8. The van der Waals surface area contributed by atoms with Crippen molar-refractivity contribution in [3.8, 4) is 0 Å². The number of carbonyl (C=O) groups is 1. The van der Waals surface area contributed by atoms with E-state index in [-0.39, 0.29) is 5.78 Å². The molecule has 2 rings (SSSR count). The minimum absolute atomic E-state index is 0.151. The number of benzene rings is 1. The topological polar surface area (TPSA) is 93.3 Å². The van der Waals surface area contributed by atoms with Gasteiger partial charge in [0, 0.05) is 6.92 Å². The average Bonchev–Trinajstić information content (AvgIpc) is 2.81. The second kappa shape index (κ2) is 6.30. The molecule has 0 unspecified atom stereocenters. The SMILES string of the molecule is CC(=O)/C(=N\Nc1ccccc1)Sc1nnc(N)s1. The Balaban J connectivity index is 2.09. The van der Waals surface area contributed by atoms with Gasteiger partial charge in [-0.25, -0.2) is 0 Å². The molecule has 8 heteroatoms. The lowest BCUT2D eigenvalue weighted by atomic mass is 10.3. The number of hydrogen-bond donors (Lipinski definition) is 2. The number of para-hydroxylation sites is 1. The molecular formula is C11H11N5OS2. The van der Waals surface area contributed by atoms with Crippen LogP contribution >= 0.6 is 23.1 Å². The first-order chi connectivity index (χ1) is 9.15. The van der Waals surface area contributed by atoms with Gasteiger partial charge in [0.1, 0.15) is 0 Å². The molecule has 1 aromatic heterocycles. The molecule has 0 aliphatic heterocycles. The molecule has 0 aliphatic rings. The molecule has 3 N–H and O–H groups in total. The maximum absolute atomic E-state index is 11.5. The summed E-state index contributed by atoms with van der Waals surface area (Å²) in [6.45, 7) is 1.45. The van der Waals surface area contributed by atoms with Gasteiger partial charge in [-0.15, -0.1) is 10.2 Å². The lowest BCUT2D eigenvalue weighted by Crippen LogP contribution is -2.07. The summed E-state index contributed by atoms with van der Waals surface area (Å²) in [5.41, 5.74) is 9.12. The summed E-state index contributed by atoms with van der Waals surface area (Å²) in [5, 5.41) is 12.3. The van der Waals surface area contributed by atoms with E-state index in [2.05, 4.69) is 20.7 Å². The average molecular weight is 293 g/mol. The fraction of sp³-hybridized carbons (Fsp3) is 0.0909. The van der Waals surface area contributed by atoms with Gasteiger partial charge in [-0.2, -0.15) is 5.10 Å². The number of Topliss-reactive ketones (excluding diaryl/α,β-unsaturated/α-hetero) is 1. The molecular weight excluding hydrogens is 282 g/mol. The van der Waals surface area contributed by atoms with E-state index in [1.807, 2.05) is 30.3 Å². The number of nitrogens with zero attached hydrogens (tertiary/aromatic N) is 3. The first kappa shape index (κ1) is 13.5. The van der Waals surface area contributed by atoms with Crippen molar-refractivity contribution in [2.45, 2.75) is 11.3 Å². The van der Waals surface area contributed by atoms with Gasteiger partial charge in [-0.3, -0.25) is 10.2 Å². The van der Waals surface area contributed by atoms with Gasteiger partial charge in [-0.05, 0) is 23.9 Å². The zero-order valence-corrected chi connectivity index (χ0v) is 11.7. The zero-order valence-electron chi connectivity index (χ0n) is 10.0. The molecule has 6 nitrogen and oxygen atoms in total. The molecule has 1 aromatic carbocycles. The van der Waals surface area contributed by atoms with Crippen molar-refractivity contribution in [1.29, 1.82) is 0 Å². The third-order valence-electron chi connectivity index (χ3n) is 1.97.